The van der Waals surface area contributed by atoms with Crippen molar-refractivity contribution in [2.75, 3.05) is 12.4 Å². The van der Waals surface area contributed by atoms with E-state index in [0.29, 0.717) is 6.42 Å². The first kappa shape index (κ1) is 12.0. The number of carbonyl (C=O) groups is 1. The molecule has 1 amide bonds. The molecule has 0 radical (unpaired) electrons. The quantitative estimate of drug-likeness (QED) is 0.817. The zero-order chi connectivity index (χ0) is 12.3. The molecule has 1 aliphatic carbocycles. The first-order chi connectivity index (χ1) is 8.13. The number of nitrogens with zero attached hydrogens (tertiary/aromatic N) is 1. The number of nitrogens with one attached hydrogen (secondary N) is 1. The van der Waals surface area contributed by atoms with E-state index in [9.17, 15) is 9.18 Å². The van der Waals surface area contributed by atoms with Crippen LogP contribution in [-0.4, -0.2) is 23.6 Å². The number of rotatable bonds is 4. The third-order valence-electron chi connectivity index (χ3n) is 3.16. The molecule has 0 unspecified atom stereocenters. The molecule has 0 aliphatic heterocycles. The number of hydrogen-bond donors (Lipinski definition) is 1. The minimum atomic E-state index is -0.604. The second-order valence-corrected chi connectivity index (χ2v) is 4.31. The SMILES string of the molecule is COC1(CC(=O)Nc2cccc(F)n2)CCC1. The van der Waals surface area contributed by atoms with Crippen LogP contribution in [0.15, 0.2) is 18.2 Å². The van der Waals surface area contributed by atoms with Gasteiger partial charge in [0, 0.05) is 7.11 Å². The summed E-state index contributed by atoms with van der Waals surface area (Å²) in [7, 11) is 1.62. The van der Waals surface area contributed by atoms with Gasteiger partial charge in [-0.25, -0.2) is 4.98 Å². The van der Waals surface area contributed by atoms with Crippen molar-refractivity contribution >= 4 is 11.7 Å². The van der Waals surface area contributed by atoms with E-state index in [1.807, 2.05) is 0 Å². The highest BCUT2D eigenvalue weighted by atomic mass is 19.1. The van der Waals surface area contributed by atoms with Gasteiger partial charge in [-0.05, 0) is 31.4 Å². The third kappa shape index (κ3) is 2.79. The zero-order valence-corrected chi connectivity index (χ0v) is 9.70. The van der Waals surface area contributed by atoms with E-state index < -0.39 is 5.95 Å². The molecule has 0 bridgehead atoms. The average molecular weight is 238 g/mol. The molecule has 0 saturated heterocycles. The summed E-state index contributed by atoms with van der Waals surface area (Å²) < 4.78 is 18.2. The van der Waals surface area contributed by atoms with Gasteiger partial charge in [-0.15, -0.1) is 0 Å². The van der Waals surface area contributed by atoms with Crippen LogP contribution in [0.3, 0.4) is 0 Å². The Balaban J connectivity index is 1.93. The van der Waals surface area contributed by atoms with E-state index >= 15 is 0 Å². The molecule has 92 valence electrons. The van der Waals surface area contributed by atoms with Crippen molar-refractivity contribution < 1.29 is 13.9 Å². The Morgan fingerprint density at radius 3 is 2.88 bits per heavy atom. The maximum atomic E-state index is 12.8. The summed E-state index contributed by atoms with van der Waals surface area (Å²) in [5.74, 6) is -0.557. The van der Waals surface area contributed by atoms with Crippen LogP contribution in [0.4, 0.5) is 10.2 Å². The van der Waals surface area contributed by atoms with Crippen LogP contribution in [0.1, 0.15) is 25.7 Å². The molecule has 1 saturated carbocycles. The maximum absolute atomic E-state index is 12.8. The Morgan fingerprint density at radius 1 is 1.59 bits per heavy atom. The molecular weight excluding hydrogens is 223 g/mol. The lowest BCUT2D eigenvalue weighted by atomic mass is 9.77. The largest absolute Gasteiger partial charge is 0.378 e. The van der Waals surface area contributed by atoms with Crippen molar-refractivity contribution in [3.63, 3.8) is 0 Å². The molecule has 1 aromatic heterocycles. The van der Waals surface area contributed by atoms with Gasteiger partial charge < -0.3 is 10.1 Å². The lowest BCUT2D eigenvalue weighted by Crippen LogP contribution is -2.42. The van der Waals surface area contributed by atoms with Gasteiger partial charge in [-0.3, -0.25) is 4.79 Å². The van der Waals surface area contributed by atoms with Gasteiger partial charge in [0.05, 0.1) is 12.0 Å². The first-order valence-electron chi connectivity index (χ1n) is 5.61. The molecule has 1 aliphatic rings. The Hall–Kier alpha value is -1.49. The van der Waals surface area contributed by atoms with Crippen molar-refractivity contribution in [1.82, 2.24) is 4.98 Å². The number of amides is 1. The maximum Gasteiger partial charge on any atom is 0.228 e. The number of halogens is 1. The molecule has 4 nitrogen and oxygen atoms in total. The van der Waals surface area contributed by atoms with Gasteiger partial charge >= 0.3 is 0 Å². The van der Waals surface area contributed by atoms with Gasteiger partial charge in [-0.2, -0.15) is 4.39 Å². The van der Waals surface area contributed by atoms with E-state index in [0.717, 1.165) is 19.3 Å². The van der Waals surface area contributed by atoms with Crippen LogP contribution in [0.5, 0.6) is 0 Å². The summed E-state index contributed by atoms with van der Waals surface area (Å²) in [5.41, 5.74) is -0.322. The number of hydrogen-bond acceptors (Lipinski definition) is 3. The molecule has 1 fully saturated rings. The van der Waals surface area contributed by atoms with E-state index in [-0.39, 0.29) is 17.3 Å². The van der Waals surface area contributed by atoms with E-state index in [1.54, 1.807) is 13.2 Å². The Morgan fingerprint density at radius 2 is 2.35 bits per heavy atom. The smallest absolute Gasteiger partial charge is 0.228 e. The number of carbonyl (C=O) groups excluding carboxylic acids is 1. The fourth-order valence-electron chi connectivity index (χ4n) is 1.98. The van der Waals surface area contributed by atoms with Crippen LogP contribution in [-0.2, 0) is 9.53 Å². The van der Waals surface area contributed by atoms with Gasteiger partial charge in [0.2, 0.25) is 11.9 Å². The van der Waals surface area contributed by atoms with Crippen LogP contribution in [0.25, 0.3) is 0 Å². The van der Waals surface area contributed by atoms with E-state index in [1.165, 1.54) is 12.1 Å². The normalized spacial score (nSPS) is 17.3. The third-order valence-corrected chi connectivity index (χ3v) is 3.16. The Labute approximate surface area is 99.2 Å². The van der Waals surface area contributed by atoms with Crippen molar-refractivity contribution in [1.29, 1.82) is 0 Å². The standard InChI is InChI=1S/C12H15FN2O2/c1-17-12(6-3-7-12)8-11(16)15-10-5-2-4-9(13)14-10/h2,4-5H,3,6-8H2,1H3,(H,14,15,16). The molecule has 0 spiro atoms. The van der Waals surface area contributed by atoms with E-state index in [4.69, 9.17) is 4.74 Å². The molecule has 2 rings (SSSR count). The summed E-state index contributed by atoms with van der Waals surface area (Å²) in [6.07, 6.45) is 3.17. The Bertz CT molecular complexity index is 413. The number of methoxy groups -OCH3 is 1. The van der Waals surface area contributed by atoms with Gasteiger partial charge in [-0.1, -0.05) is 6.07 Å². The van der Waals surface area contributed by atoms with Crippen LogP contribution >= 0.6 is 0 Å². The summed E-state index contributed by atoms with van der Waals surface area (Å²) in [6, 6.07) is 4.30. The second kappa shape index (κ2) is 4.79. The average Bonchev–Trinajstić information content (AvgIpc) is 2.23. The Kier molecular flexibility index (Phi) is 3.38. The predicted octanol–water partition coefficient (Wildman–Crippen LogP) is 2.12. The number of pyridine rings is 1. The van der Waals surface area contributed by atoms with Gasteiger partial charge in [0.15, 0.2) is 0 Å². The van der Waals surface area contributed by atoms with Crippen LogP contribution < -0.4 is 5.32 Å². The number of anilines is 1. The summed E-state index contributed by atoms with van der Waals surface area (Å²) in [5, 5.41) is 2.57. The van der Waals surface area contributed by atoms with Crippen molar-refractivity contribution in [3.05, 3.63) is 24.1 Å². The van der Waals surface area contributed by atoms with Gasteiger partial charge in [0.25, 0.3) is 0 Å². The topological polar surface area (TPSA) is 51.2 Å². The molecule has 0 atom stereocenters. The highest BCUT2D eigenvalue weighted by Crippen LogP contribution is 2.38. The monoisotopic (exact) mass is 238 g/mol. The molecule has 1 N–H and O–H groups in total. The highest BCUT2D eigenvalue weighted by Gasteiger charge is 2.39. The minimum Gasteiger partial charge on any atom is -0.378 e. The first-order valence-corrected chi connectivity index (χ1v) is 5.61. The highest BCUT2D eigenvalue weighted by molar-refractivity contribution is 5.90. The molecular formula is C12H15FN2O2. The molecule has 1 heterocycles. The predicted molar refractivity (Wildman–Crippen MR) is 61.0 cm³/mol. The number of aromatic nitrogens is 1. The molecule has 17 heavy (non-hydrogen) atoms. The lowest BCUT2D eigenvalue weighted by Gasteiger charge is -2.39. The second-order valence-electron chi connectivity index (χ2n) is 4.31. The molecule has 5 heteroatoms. The van der Waals surface area contributed by atoms with Crippen molar-refractivity contribution in [2.45, 2.75) is 31.3 Å². The van der Waals surface area contributed by atoms with Gasteiger partial charge in [0.1, 0.15) is 5.82 Å². The summed E-state index contributed by atoms with van der Waals surface area (Å²) in [4.78, 5) is 15.3. The fraction of sp³-hybridized carbons (Fsp3) is 0.500. The van der Waals surface area contributed by atoms with Crippen molar-refractivity contribution in [3.8, 4) is 0 Å². The molecule has 1 aromatic rings. The van der Waals surface area contributed by atoms with Crippen LogP contribution in [0, 0.1) is 5.95 Å². The van der Waals surface area contributed by atoms with E-state index in [2.05, 4.69) is 10.3 Å². The lowest BCUT2D eigenvalue weighted by molar-refractivity contribution is -0.129. The zero-order valence-electron chi connectivity index (χ0n) is 9.70. The molecule has 0 aromatic carbocycles. The fourth-order valence-corrected chi connectivity index (χ4v) is 1.98. The summed E-state index contributed by atoms with van der Waals surface area (Å²) in [6.45, 7) is 0. The van der Waals surface area contributed by atoms with Crippen molar-refractivity contribution in [2.24, 2.45) is 0 Å². The minimum absolute atomic E-state index is 0.190. The summed E-state index contributed by atoms with van der Waals surface area (Å²) >= 11 is 0. The number of ether oxygens (including phenoxy) is 1. The van der Waals surface area contributed by atoms with Crippen LogP contribution in [0.2, 0.25) is 0 Å².